The van der Waals surface area contributed by atoms with E-state index in [2.05, 4.69) is 226 Å². The van der Waals surface area contributed by atoms with E-state index in [9.17, 15) is 0 Å². The third-order valence-corrected chi connectivity index (χ3v) is 14.7. The van der Waals surface area contributed by atoms with Gasteiger partial charge in [0.05, 0.1) is 45.9 Å². The van der Waals surface area contributed by atoms with Gasteiger partial charge >= 0.3 is 0 Å². The maximum atomic E-state index is 9.06. The number of azide groups is 7. The van der Waals surface area contributed by atoms with Crippen molar-refractivity contribution in [3.05, 3.63) is 109 Å². The van der Waals surface area contributed by atoms with E-state index in [0.29, 0.717) is 174 Å². The minimum Gasteiger partial charge on any atom is -0.481 e. The van der Waals surface area contributed by atoms with Crippen LogP contribution in [0, 0.1) is 171 Å². The van der Waals surface area contributed by atoms with Gasteiger partial charge in [-0.15, -0.1) is 83.5 Å². The van der Waals surface area contributed by atoms with Crippen LogP contribution in [0.1, 0.15) is 110 Å². The molecule has 2 heterocycles. The Hall–Kier alpha value is -16.7. The Morgan fingerprint density at radius 1 is 0.351 bits per heavy atom. The molecule has 0 unspecified atom stereocenters. The standard InChI is InChI=1S/2C15H12O3.C13H24N12.C12H12N6.C6H12N6O.C6H13N3O2.C6H7N.C6H6O.C5H11N7.5CH4/c1-4-10-16-13-8-7-9-14(17-11-5-2)15(13)18-12-6-3;1-4-7-16-13-10-14(17-8-5-2)12-15(11-13)18-9-6-3;1-2-3-6-16-11-21-12(17-7-4-9-19-24-14)23-13(22-11)18-8-5-10-20-25-15;1-4-7-13-10-16-11(14-8-5-2)18-12(17-10)15-9-6-3;1-2-6(5-13,3-9-11-7)4-10-12-8;1-2-6(4-10,5-11)3-8-9-7;2*1-3-5-7-6-4-2;1-2-5(6,3-9-11-7)4-10-12-8;;;;;/h1-3,7-9H,10-12H2;1-3,10-12H,7-9H2;2-10H2,1H3,(H3,16,17,18,21,22,23);1-3H,7-9H2,(H3,13,14,15,16,17,18);13H,2-5H2,1H3;10-11H,2-5H2,1H3;1-2,7H,5-6H2;1-2H,5-6H2;2-4,6H2,1H3;5*1H4. The first-order chi connectivity index (χ1) is 62.7. The molecule has 0 saturated carbocycles. The molecule has 0 amide bonds. The number of benzene rings is 2. The Morgan fingerprint density at radius 2 is 0.627 bits per heavy atom. The summed E-state index contributed by atoms with van der Waals surface area (Å²) in [6, 6.07) is 10.2. The maximum Gasteiger partial charge on any atom is 0.230 e. The quantitative estimate of drug-likeness (QED) is 0.00643. The van der Waals surface area contributed by atoms with Crippen molar-refractivity contribution in [2.24, 2.45) is 52.4 Å². The van der Waals surface area contributed by atoms with Crippen LogP contribution in [0.2, 0.25) is 0 Å². The van der Waals surface area contributed by atoms with Crippen LogP contribution >= 0.6 is 0 Å². The van der Waals surface area contributed by atoms with Crippen LogP contribution in [-0.4, -0.2) is 222 Å². The van der Waals surface area contributed by atoms with Gasteiger partial charge in [0.25, 0.3) is 0 Å². The smallest absolute Gasteiger partial charge is 0.230 e. The highest BCUT2D eigenvalue weighted by Gasteiger charge is 2.27. The van der Waals surface area contributed by atoms with Crippen molar-refractivity contribution in [1.82, 2.24) is 35.2 Å². The number of unbranched alkanes of at least 4 members (excludes halogenated alkanes) is 1. The number of aromatic nitrogens is 6. The van der Waals surface area contributed by atoms with Gasteiger partial charge in [0.1, 0.15) is 70.1 Å². The molecule has 45 heteroatoms. The van der Waals surface area contributed by atoms with Crippen molar-refractivity contribution in [1.29, 1.82) is 0 Å². The number of nitrogens with zero attached hydrogens (tertiary/aromatic N) is 27. The number of hydrogen-bond acceptors (Lipinski definition) is 31. The summed E-state index contributed by atoms with van der Waals surface area (Å²) in [5.41, 5.74) is 60.7. The Labute approximate surface area is 790 Å². The fourth-order valence-corrected chi connectivity index (χ4v) is 7.68. The highest BCUT2D eigenvalue weighted by molar-refractivity contribution is 5.52. The molecule has 0 bridgehead atoms. The number of terminal acetylenes is 13. The van der Waals surface area contributed by atoms with Gasteiger partial charge in [0.2, 0.25) is 41.4 Å². The summed E-state index contributed by atoms with van der Waals surface area (Å²) >= 11 is 0. The van der Waals surface area contributed by atoms with Gasteiger partial charge in [-0.3, -0.25) is 5.32 Å². The third kappa shape index (κ3) is 77.6. The first-order valence-electron chi connectivity index (χ1n) is 38.3. The van der Waals surface area contributed by atoms with Crippen LogP contribution in [0.4, 0.5) is 35.7 Å². The number of para-hydroxylation sites is 1. The zero-order chi connectivity index (χ0) is 97.2. The summed E-state index contributed by atoms with van der Waals surface area (Å²) in [7, 11) is 0. The SMILES string of the molecule is C.C.C.C.C.C#CCNCC#C.C#CCNc1nc(NCC#C)nc(NCC#C)n1.C#CCOCC#C.C#CCOc1cc(OCC#C)cc(OCC#C)c1.C#CCOc1cccc(OCC#C)c1OCC#C.CCC(CO)(CN=[N+]=[N-])CN=[N+]=[N-].CCC(CO)(CO)CN=[N+]=[N-].CCC(N)(CN=[N+]=[N-])CN=[N+]=[N-].CCCCNc1nc(NCCCN=[N+]=[N-])nc(NCCCN=[N+]=[N-])n1. The lowest BCUT2D eigenvalue weighted by atomic mass is 9.86. The lowest BCUT2D eigenvalue weighted by molar-refractivity contribution is 0.0586. The average Bonchev–Trinajstić information content (AvgIpc) is 0.841. The highest BCUT2D eigenvalue weighted by Crippen LogP contribution is 2.37. The summed E-state index contributed by atoms with van der Waals surface area (Å²) in [6.07, 6.45) is 70.9. The molecule has 4 aromatic rings. The lowest BCUT2D eigenvalue weighted by Crippen LogP contribution is -2.45. The van der Waals surface area contributed by atoms with Crippen molar-refractivity contribution in [3.8, 4) is 195 Å². The molecule has 134 heavy (non-hydrogen) atoms. The zero-order valence-electron chi connectivity index (χ0n) is 72.7. The van der Waals surface area contributed by atoms with E-state index < -0.39 is 16.4 Å². The number of aliphatic hydroxyl groups is 3. The van der Waals surface area contributed by atoms with Gasteiger partial charge in [0.15, 0.2) is 11.5 Å². The molecule has 0 saturated heterocycles. The Bertz CT molecular complexity index is 4310. The van der Waals surface area contributed by atoms with Crippen molar-refractivity contribution in [2.75, 3.05) is 203 Å². The van der Waals surface area contributed by atoms with Crippen LogP contribution in [-0.2, 0) is 4.74 Å². The first kappa shape index (κ1) is 138. The molecular weight excluding hydrogens is 1720 g/mol. The van der Waals surface area contributed by atoms with Crippen molar-refractivity contribution >= 4 is 35.7 Å². The molecule has 45 nitrogen and oxygen atoms in total. The monoisotopic (exact) mass is 1850 g/mol. The molecule has 720 valence electrons. The highest BCUT2D eigenvalue weighted by atomic mass is 16.5. The number of rotatable bonds is 52. The van der Waals surface area contributed by atoms with E-state index in [-0.39, 0.29) is 129 Å². The number of anilines is 6. The topological polar surface area (TPSA) is 654 Å². The first-order valence-corrected chi connectivity index (χ1v) is 38.3. The number of ether oxygens (including phenoxy) is 7. The molecule has 0 atom stereocenters. The molecular formula is C89H129N35O10. The van der Waals surface area contributed by atoms with Crippen molar-refractivity contribution in [3.63, 3.8) is 0 Å². The van der Waals surface area contributed by atoms with Crippen LogP contribution in [0.25, 0.3) is 73.1 Å². The summed E-state index contributed by atoms with van der Waals surface area (Å²) in [6.45, 7) is 14.2. The number of nitrogens with two attached hydrogens (primary N) is 1. The van der Waals surface area contributed by atoms with Gasteiger partial charge in [-0.1, -0.05) is 190 Å². The van der Waals surface area contributed by atoms with Crippen LogP contribution in [0.15, 0.2) is 72.2 Å². The molecule has 0 spiro atoms. The van der Waals surface area contributed by atoms with E-state index in [0.717, 1.165) is 19.4 Å². The number of aliphatic hydroxyl groups excluding tert-OH is 3. The molecule has 0 aliphatic carbocycles. The van der Waals surface area contributed by atoms with Gasteiger partial charge in [-0.05, 0) is 89.4 Å². The predicted molar refractivity (Wildman–Crippen MR) is 535 cm³/mol. The van der Waals surface area contributed by atoms with Gasteiger partial charge in [0, 0.05) is 141 Å². The normalized spacial score (nSPS) is 9.37. The molecule has 2 aromatic heterocycles. The molecule has 4 rings (SSSR count). The fourth-order valence-electron chi connectivity index (χ4n) is 7.68. The molecule has 0 radical (unpaired) electrons. The second-order valence-corrected chi connectivity index (χ2v) is 24.0. The van der Waals surface area contributed by atoms with Gasteiger partial charge < -0.3 is 86.1 Å². The molecule has 0 fully saturated rings. The Balaban J connectivity index is -0.000000164. The minimum absolute atomic E-state index is 0. The molecule has 2 aromatic carbocycles. The van der Waals surface area contributed by atoms with Crippen LogP contribution in [0.5, 0.6) is 34.5 Å². The molecule has 0 aliphatic rings. The van der Waals surface area contributed by atoms with Crippen molar-refractivity contribution in [2.45, 2.75) is 115 Å². The van der Waals surface area contributed by atoms with Crippen LogP contribution < -0.4 is 71.4 Å². The van der Waals surface area contributed by atoms with E-state index in [4.69, 9.17) is 172 Å². The van der Waals surface area contributed by atoms with Crippen molar-refractivity contribution < 1.29 is 48.5 Å². The molecule has 0 aliphatic heterocycles. The van der Waals surface area contributed by atoms with E-state index in [1.54, 1.807) is 36.4 Å². The summed E-state index contributed by atoms with van der Waals surface area (Å²) in [5, 5.41) is 71.2. The lowest BCUT2D eigenvalue weighted by Gasteiger charge is -2.26. The number of nitrogens with one attached hydrogen (secondary N) is 7. The Kier molecular flexibility index (Phi) is 105. The third-order valence-electron chi connectivity index (χ3n) is 14.7. The fraction of sp³-hybridized carbons (Fsp3) is 0.506. The predicted octanol–water partition coefficient (Wildman–Crippen LogP) is 14.4. The second-order valence-electron chi connectivity index (χ2n) is 24.0. The second kappa shape index (κ2) is 102. The maximum absolute atomic E-state index is 9.06. The summed E-state index contributed by atoms with van der Waals surface area (Å²) < 4.78 is 36.6. The number of hydrogen-bond donors (Lipinski definition) is 11. The van der Waals surface area contributed by atoms with Gasteiger partial charge in [-0.2, -0.15) is 29.9 Å². The summed E-state index contributed by atoms with van der Waals surface area (Å²) in [5.74, 6) is 36.3. The van der Waals surface area contributed by atoms with E-state index in [1.165, 1.54) is 0 Å². The minimum atomic E-state index is -0.696. The van der Waals surface area contributed by atoms with E-state index >= 15 is 0 Å². The Morgan fingerprint density at radius 3 is 0.896 bits per heavy atom. The molecule has 12 N–H and O–H groups in total. The van der Waals surface area contributed by atoms with Crippen LogP contribution in [0.3, 0.4) is 0 Å². The van der Waals surface area contributed by atoms with Gasteiger partial charge in [-0.25, -0.2) is 0 Å². The zero-order valence-corrected chi connectivity index (χ0v) is 72.7. The van der Waals surface area contributed by atoms with E-state index in [1.807, 2.05) is 20.8 Å². The average molecular weight is 1850 g/mol. The summed E-state index contributed by atoms with van der Waals surface area (Å²) in [4.78, 5) is 43.6. The largest absolute Gasteiger partial charge is 0.481 e.